The molecule has 1 fully saturated rings. The summed E-state index contributed by atoms with van der Waals surface area (Å²) in [5, 5.41) is 7.37. The fraction of sp³-hybridized carbons (Fsp3) is 0.370. The number of nitrogens with two attached hydrogens (primary N) is 1. The molecule has 0 aliphatic carbocycles. The molecule has 2 aromatic carbocycles. The van der Waals surface area contributed by atoms with E-state index < -0.39 is 0 Å². The number of rotatable bonds is 8. The second-order valence-corrected chi connectivity index (χ2v) is 9.11. The summed E-state index contributed by atoms with van der Waals surface area (Å²) in [6, 6.07) is 16.5. The molecule has 1 unspecified atom stereocenters. The number of imidazole rings is 1. The van der Waals surface area contributed by atoms with Gasteiger partial charge in [-0.2, -0.15) is 0 Å². The number of benzene rings is 2. The minimum atomic E-state index is -0.0490. The summed E-state index contributed by atoms with van der Waals surface area (Å²) in [4.78, 5) is 21.8. The number of hydrogen-bond donors (Lipinski definition) is 3. The second-order valence-electron chi connectivity index (χ2n) is 9.11. The van der Waals surface area contributed by atoms with E-state index in [9.17, 15) is 4.79 Å². The van der Waals surface area contributed by atoms with Gasteiger partial charge in [0, 0.05) is 24.9 Å². The Morgan fingerprint density at radius 2 is 1.94 bits per heavy atom. The highest BCUT2D eigenvalue weighted by molar-refractivity contribution is 6.06. The van der Waals surface area contributed by atoms with Crippen molar-refractivity contribution in [1.82, 2.24) is 25.2 Å². The van der Waals surface area contributed by atoms with Crippen molar-refractivity contribution in [3.63, 3.8) is 0 Å². The van der Waals surface area contributed by atoms with E-state index >= 15 is 0 Å². The van der Waals surface area contributed by atoms with Crippen LogP contribution in [-0.4, -0.2) is 33.0 Å². The Morgan fingerprint density at radius 1 is 1.15 bits per heavy atom. The molecule has 7 nitrogen and oxygen atoms in total. The molecule has 1 aliphatic heterocycles. The van der Waals surface area contributed by atoms with Crippen LogP contribution in [0.2, 0.25) is 0 Å². The van der Waals surface area contributed by atoms with Gasteiger partial charge in [-0.25, -0.2) is 9.97 Å². The summed E-state index contributed by atoms with van der Waals surface area (Å²) < 4.78 is 2.30. The van der Waals surface area contributed by atoms with Crippen LogP contribution < -0.4 is 16.4 Å². The monoisotopic (exact) mass is 456 g/mol. The lowest BCUT2D eigenvalue weighted by atomic mass is 10.1. The predicted octanol–water partition coefficient (Wildman–Crippen LogP) is 3.93. The molecule has 1 atom stereocenters. The van der Waals surface area contributed by atoms with Crippen molar-refractivity contribution < 1.29 is 4.79 Å². The third-order valence-corrected chi connectivity index (χ3v) is 6.65. The van der Waals surface area contributed by atoms with Gasteiger partial charge in [-0.05, 0) is 43.0 Å². The minimum Gasteiger partial charge on any atom is -0.382 e. The number of carbonyl (C=O) groups is 1. The van der Waals surface area contributed by atoms with Gasteiger partial charge in [0.15, 0.2) is 5.82 Å². The zero-order chi connectivity index (χ0) is 23.5. The standard InChI is InChI=1S/C27H32N6O/c1-2-3-10-23-32-24-25(20-7-4-5-8-21(20)31-26(24)28)33(23)17-19-13-11-18(12-14-19)16-30-27(34)22-9-6-15-29-22/h4-5,7-8,11-14,22,29H,2-3,6,9-10,15-17H2,1H3,(H2,28,31)(H,30,34). The van der Waals surface area contributed by atoms with Crippen LogP contribution in [0.3, 0.4) is 0 Å². The first-order valence-electron chi connectivity index (χ1n) is 12.3. The molecule has 0 radical (unpaired) electrons. The fourth-order valence-electron chi connectivity index (χ4n) is 4.77. The van der Waals surface area contributed by atoms with Crippen LogP contribution in [-0.2, 0) is 24.3 Å². The zero-order valence-electron chi connectivity index (χ0n) is 19.7. The van der Waals surface area contributed by atoms with Crippen molar-refractivity contribution >= 4 is 33.7 Å². The van der Waals surface area contributed by atoms with E-state index in [0.717, 1.165) is 72.0 Å². The van der Waals surface area contributed by atoms with Crippen molar-refractivity contribution in [2.75, 3.05) is 12.3 Å². The molecular formula is C27H32N6O. The van der Waals surface area contributed by atoms with Gasteiger partial charge in [-0.1, -0.05) is 55.8 Å². The first kappa shape index (κ1) is 22.3. The number of para-hydroxylation sites is 1. The quantitative estimate of drug-likeness (QED) is 0.373. The van der Waals surface area contributed by atoms with Gasteiger partial charge in [0.1, 0.15) is 11.3 Å². The van der Waals surface area contributed by atoms with Crippen LogP contribution in [0.4, 0.5) is 5.82 Å². The fourth-order valence-corrected chi connectivity index (χ4v) is 4.77. The number of nitrogens with zero attached hydrogens (tertiary/aromatic N) is 3. The van der Waals surface area contributed by atoms with E-state index in [-0.39, 0.29) is 11.9 Å². The Labute approximate surface area is 199 Å². The maximum Gasteiger partial charge on any atom is 0.237 e. The number of hydrogen-bond acceptors (Lipinski definition) is 5. The first-order valence-corrected chi connectivity index (χ1v) is 12.3. The van der Waals surface area contributed by atoms with Crippen molar-refractivity contribution in [3.05, 3.63) is 65.5 Å². The van der Waals surface area contributed by atoms with E-state index in [1.165, 1.54) is 5.56 Å². The summed E-state index contributed by atoms with van der Waals surface area (Å²) in [5.41, 5.74) is 11.3. The van der Waals surface area contributed by atoms with E-state index in [4.69, 9.17) is 10.7 Å². The lowest BCUT2D eigenvalue weighted by Gasteiger charge is -2.13. The molecule has 4 N–H and O–H groups in total. The van der Waals surface area contributed by atoms with Crippen molar-refractivity contribution in [2.24, 2.45) is 0 Å². The summed E-state index contributed by atoms with van der Waals surface area (Å²) in [6.45, 7) is 4.37. The number of anilines is 1. The average Bonchev–Trinajstić information content (AvgIpc) is 3.52. The molecule has 1 aliphatic rings. The predicted molar refractivity (Wildman–Crippen MR) is 136 cm³/mol. The summed E-state index contributed by atoms with van der Waals surface area (Å²) in [5.74, 6) is 1.61. The third-order valence-electron chi connectivity index (χ3n) is 6.65. The Bertz CT molecular complexity index is 1300. The highest BCUT2D eigenvalue weighted by Crippen LogP contribution is 2.30. The number of carbonyl (C=O) groups excluding carboxylic acids is 1. The third kappa shape index (κ3) is 4.48. The number of aryl methyl sites for hydroxylation is 1. The van der Waals surface area contributed by atoms with Crippen LogP contribution in [0.25, 0.3) is 21.9 Å². The van der Waals surface area contributed by atoms with Gasteiger partial charge in [0.2, 0.25) is 5.91 Å². The highest BCUT2D eigenvalue weighted by atomic mass is 16.2. The van der Waals surface area contributed by atoms with Gasteiger partial charge in [0.25, 0.3) is 0 Å². The first-order chi connectivity index (χ1) is 16.6. The zero-order valence-corrected chi connectivity index (χ0v) is 19.7. The maximum absolute atomic E-state index is 12.3. The molecule has 0 saturated carbocycles. The van der Waals surface area contributed by atoms with E-state index in [2.05, 4.69) is 57.4 Å². The second kappa shape index (κ2) is 9.81. The summed E-state index contributed by atoms with van der Waals surface area (Å²) >= 11 is 0. The molecular weight excluding hydrogens is 424 g/mol. The van der Waals surface area contributed by atoms with Crippen LogP contribution in [0.15, 0.2) is 48.5 Å². The molecule has 5 rings (SSSR count). The number of unbranched alkanes of at least 4 members (excludes halogenated alkanes) is 1. The van der Waals surface area contributed by atoms with Gasteiger partial charge in [-0.15, -0.1) is 0 Å². The van der Waals surface area contributed by atoms with Crippen molar-refractivity contribution in [1.29, 1.82) is 0 Å². The smallest absolute Gasteiger partial charge is 0.237 e. The molecule has 4 aromatic rings. The molecule has 176 valence electrons. The number of nitrogen functional groups attached to an aromatic ring is 1. The molecule has 0 spiro atoms. The van der Waals surface area contributed by atoms with Crippen molar-refractivity contribution in [3.8, 4) is 0 Å². The van der Waals surface area contributed by atoms with Gasteiger partial charge in [-0.3, -0.25) is 4.79 Å². The van der Waals surface area contributed by atoms with Gasteiger partial charge in [0.05, 0.1) is 17.1 Å². The molecule has 1 amide bonds. The number of amides is 1. The van der Waals surface area contributed by atoms with Crippen LogP contribution >= 0.6 is 0 Å². The molecule has 34 heavy (non-hydrogen) atoms. The number of fused-ring (bicyclic) bond motifs is 3. The lowest BCUT2D eigenvalue weighted by molar-refractivity contribution is -0.122. The minimum absolute atomic E-state index is 0.0490. The van der Waals surface area contributed by atoms with Gasteiger partial charge < -0.3 is 20.9 Å². The van der Waals surface area contributed by atoms with E-state index in [0.29, 0.717) is 18.9 Å². The molecule has 2 aromatic heterocycles. The Hall–Kier alpha value is -3.45. The number of aromatic nitrogens is 3. The van der Waals surface area contributed by atoms with Gasteiger partial charge >= 0.3 is 0 Å². The SMILES string of the molecule is CCCCc1nc2c(N)nc3ccccc3c2n1Cc1ccc(CNC(=O)C2CCCN2)cc1. The molecule has 1 saturated heterocycles. The summed E-state index contributed by atoms with van der Waals surface area (Å²) in [6.07, 6.45) is 5.06. The van der Waals surface area contributed by atoms with E-state index in [1.54, 1.807) is 0 Å². The topological polar surface area (TPSA) is 97.9 Å². The Balaban J connectivity index is 1.41. The van der Waals surface area contributed by atoms with Crippen LogP contribution in [0, 0.1) is 0 Å². The van der Waals surface area contributed by atoms with Crippen LogP contribution in [0.1, 0.15) is 49.6 Å². The summed E-state index contributed by atoms with van der Waals surface area (Å²) in [7, 11) is 0. The highest BCUT2D eigenvalue weighted by Gasteiger charge is 2.21. The lowest BCUT2D eigenvalue weighted by Crippen LogP contribution is -2.39. The normalized spacial score (nSPS) is 15.9. The maximum atomic E-state index is 12.3. The number of nitrogens with one attached hydrogen (secondary N) is 2. The number of pyridine rings is 1. The Morgan fingerprint density at radius 3 is 2.71 bits per heavy atom. The molecule has 7 heteroatoms. The molecule has 3 heterocycles. The average molecular weight is 457 g/mol. The van der Waals surface area contributed by atoms with Crippen molar-refractivity contribution in [2.45, 2.75) is 58.2 Å². The largest absolute Gasteiger partial charge is 0.382 e. The van der Waals surface area contributed by atoms with E-state index in [1.807, 2.05) is 18.2 Å². The Kier molecular flexibility index (Phi) is 6.45. The molecule has 0 bridgehead atoms. The van der Waals surface area contributed by atoms with Crippen LogP contribution in [0.5, 0.6) is 0 Å².